The predicted octanol–water partition coefficient (Wildman–Crippen LogP) is 1.62. The van der Waals surface area contributed by atoms with E-state index >= 15 is 0 Å². The Hall–Kier alpha value is -2.98. The highest BCUT2D eigenvalue weighted by Crippen LogP contribution is 2.26. The number of hydrogen-bond donors (Lipinski definition) is 2. The predicted molar refractivity (Wildman–Crippen MR) is 119 cm³/mol. The van der Waals surface area contributed by atoms with Crippen molar-refractivity contribution < 1.29 is 14.3 Å². The summed E-state index contributed by atoms with van der Waals surface area (Å²) in [5.74, 6) is 2.21. The molecule has 2 saturated heterocycles. The van der Waals surface area contributed by atoms with Gasteiger partial charge in [0.05, 0.1) is 38.5 Å². The molecular formula is C21H29N7O3. The van der Waals surface area contributed by atoms with Gasteiger partial charge in [0.15, 0.2) is 0 Å². The van der Waals surface area contributed by atoms with Crippen molar-refractivity contribution in [3.63, 3.8) is 0 Å². The smallest absolute Gasteiger partial charge is 0.257 e. The maximum Gasteiger partial charge on any atom is 0.257 e. The first-order valence-electron chi connectivity index (χ1n) is 10.6. The average Bonchev–Trinajstić information content (AvgIpc) is 2.79. The van der Waals surface area contributed by atoms with Crippen LogP contribution in [0.2, 0.25) is 0 Å². The van der Waals surface area contributed by atoms with Gasteiger partial charge in [-0.15, -0.1) is 0 Å². The fraction of sp³-hybridized carbons (Fsp3) is 0.524. The first-order valence-corrected chi connectivity index (χ1v) is 10.6. The second-order valence-corrected chi connectivity index (χ2v) is 7.78. The molecule has 166 valence electrons. The van der Waals surface area contributed by atoms with E-state index in [4.69, 9.17) is 14.5 Å². The Kier molecular flexibility index (Phi) is 6.47. The summed E-state index contributed by atoms with van der Waals surface area (Å²) in [5.41, 5.74) is 0.501. The Morgan fingerprint density at radius 1 is 1.03 bits per heavy atom. The molecular weight excluding hydrogens is 398 g/mol. The molecule has 10 heteroatoms. The van der Waals surface area contributed by atoms with E-state index in [1.54, 1.807) is 25.4 Å². The molecule has 2 N–H and O–H groups in total. The SMILES string of the molecule is CNc1cc(C(=O)Nc2cc(N3CCOC[C@@H]3C)nc(N3CCOC[C@@H]3C)n2)ccn1. The van der Waals surface area contributed by atoms with Gasteiger partial charge in [0, 0.05) is 38.0 Å². The van der Waals surface area contributed by atoms with Crippen molar-refractivity contribution >= 4 is 29.3 Å². The molecule has 2 aromatic heterocycles. The second kappa shape index (κ2) is 9.44. The van der Waals surface area contributed by atoms with Crippen LogP contribution in [-0.4, -0.2) is 79.5 Å². The van der Waals surface area contributed by atoms with Gasteiger partial charge in [-0.25, -0.2) is 4.98 Å². The number of hydrogen-bond acceptors (Lipinski definition) is 9. The Bertz CT molecular complexity index is 885. The zero-order valence-corrected chi connectivity index (χ0v) is 18.2. The van der Waals surface area contributed by atoms with E-state index in [-0.39, 0.29) is 18.0 Å². The number of amides is 1. The van der Waals surface area contributed by atoms with Gasteiger partial charge in [-0.1, -0.05) is 0 Å². The summed E-state index contributed by atoms with van der Waals surface area (Å²) in [6, 6.07) is 5.53. The minimum Gasteiger partial charge on any atom is -0.377 e. The number of morpholine rings is 2. The van der Waals surface area contributed by atoms with Crippen LogP contribution in [0.3, 0.4) is 0 Å². The third-order valence-electron chi connectivity index (χ3n) is 5.51. The quantitative estimate of drug-likeness (QED) is 0.736. The second-order valence-electron chi connectivity index (χ2n) is 7.78. The monoisotopic (exact) mass is 427 g/mol. The van der Waals surface area contributed by atoms with Crippen LogP contribution in [0.15, 0.2) is 24.4 Å². The van der Waals surface area contributed by atoms with Crippen molar-refractivity contribution in [2.24, 2.45) is 0 Å². The van der Waals surface area contributed by atoms with E-state index < -0.39 is 0 Å². The van der Waals surface area contributed by atoms with Crippen molar-refractivity contribution in [3.05, 3.63) is 30.0 Å². The van der Waals surface area contributed by atoms with Crippen molar-refractivity contribution in [2.75, 3.05) is 67.0 Å². The van der Waals surface area contributed by atoms with Crippen LogP contribution in [0.5, 0.6) is 0 Å². The number of carbonyl (C=O) groups is 1. The molecule has 2 aliphatic heterocycles. The minimum absolute atomic E-state index is 0.146. The van der Waals surface area contributed by atoms with Crippen LogP contribution in [0.4, 0.5) is 23.4 Å². The maximum atomic E-state index is 12.9. The van der Waals surface area contributed by atoms with Gasteiger partial charge in [-0.2, -0.15) is 9.97 Å². The third-order valence-corrected chi connectivity index (χ3v) is 5.51. The molecule has 0 saturated carbocycles. The van der Waals surface area contributed by atoms with E-state index in [9.17, 15) is 4.79 Å². The molecule has 0 aromatic carbocycles. The summed E-state index contributed by atoms with van der Waals surface area (Å²) in [6.07, 6.45) is 1.60. The molecule has 2 aliphatic rings. The van der Waals surface area contributed by atoms with Crippen molar-refractivity contribution in [1.29, 1.82) is 0 Å². The maximum absolute atomic E-state index is 12.9. The van der Waals surface area contributed by atoms with Gasteiger partial charge in [-0.05, 0) is 26.0 Å². The average molecular weight is 428 g/mol. The van der Waals surface area contributed by atoms with Gasteiger partial charge in [0.25, 0.3) is 5.91 Å². The molecule has 2 atom stereocenters. The van der Waals surface area contributed by atoms with Crippen LogP contribution in [0.25, 0.3) is 0 Å². The lowest BCUT2D eigenvalue weighted by atomic mass is 10.2. The summed E-state index contributed by atoms with van der Waals surface area (Å²) >= 11 is 0. The first-order chi connectivity index (χ1) is 15.0. The van der Waals surface area contributed by atoms with E-state index in [1.165, 1.54) is 0 Å². The normalized spacial score (nSPS) is 21.6. The number of carbonyl (C=O) groups excluding carboxylic acids is 1. The molecule has 2 fully saturated rings. The van der Waals surface area contributed by atoms with Gasteiger partial charge in [0.2, 0.25) is 5.95 Å². The third kappa shape index (κ3) is 4.86. The Morgan fingerprint density at radius 2 is 1.74 bits per heavy atom. The van der Waals surface area contributed by atoms with Crippen LogP contribution in [0, 0.1) is 0 Å². The highest BCUT2D eigenvalue weighted by molar-refractivity contribution is 6.04. The van der Waals surface area contributed by atoms with E-state index in [1.807, 2.05) is 6.07 Å². The molecule has 0 unspecified atom stereocenters. The molecule has 2 aromatic rings. The van der Waals surface area contributed by atoms with Crippen LogP contribution in [0.1, 0.15) is 24.2 Å². The van der Waals surface area contributed by atoms with Crippen LogP contribution < -0.4 is 20.4 Å². The van der Waals surface area contributed by atoms with Crippen molar-refractivity contribution in [1.82, 2.24) is 15.0 Å². The number of ether oxygens (including phenoxy) is 2. The topological polar surface area (TPSA) is 105 Å². The molecule has 0 aliphatic carbocycles. The summed E-state index contributed by atoms with van der Waals surface area (Å²) in [5, 5.41) is 5.88. The summed E-state index contributed by atoms with van der Waals surface area (Å²) in [6.45, 7) is 8.15. The lowest BCUT2D eigenvalue weighted by Gasteiger charge is -2.36. The van der Waals surface area contributed by atoms with Gasteiger partial charge < -0.3 is 29.9 Å². The van der Waals surface area contributed by atoms with E-state index in [0.29, 0.717) is 56.1 Å². The molecule has 0 radical (unpaired) electrons. The fourth-order valence-electron chi connectivity index (χ4n) is 3.75. The summed E-state index contributed by atoms with van der Waals surface area (Å²) < 4.78 is 11.1. The first kappa shape index (κ1) is 21.3. The lowest BCUT2D eigenvalue weighted by molar-refractivity contribution is 0.0971. The number of aromatic nitrogens is 3. The van der Waals surface area contributed by atoms with Gasteiger partial charge in [0.1, 0.15) is 17.5 Å². The molecule has 0 bridgehead atoms. The van der Waals surface area contributed by atoms with Crippen molar-refractivity contribution in [3.8, 4) is 0 Å². The highest BCUT2D eigenvalue weighted by Gasteiger charge is 2.26. The minimum atomic E-state index is -0.250. The molecule has 0 spiro atoms. The highest BCUT2D eigenvalue weighted by atomic mass is 16.5. The standard InChI is InChI=1S/C21H29N7O3/c1-14-12-30-8-6-27(14)19-11-18(24-20(29)16-4-5-23-17(10-16)22-3)25-21(26-19)28-7-9-31-13-15(28)2/h4-5,10-11,14-15H,6-9,12-13H2,1-3H3,(H,22,23)(H,24,25,26,29)/t14-,15-/m0/s1. The number of nitrogens with one attached hydrogen (secondary N) is 2. The lowest BCUT2D eigenvalue weighted by Crippen LogP contribution is -2.46. The van der Waals surface area contributed by atoms with Crippen LogP contribution >= 0.6 is 0 Å². The summed E-state index contributed by atoms with van der Waals surface area (Å²) in [4.78, 5) is 30.9. The molecule has 31 heavy (non-hydrogen) atoms. The Labute approximate surface area is 182 Å². The zero-order chi connectivity index (χ0) is 21.8. The number of anilines is 4. The fourth-order valence-corrected chi connectivity index (χ4v) is 3.75. The zero-order valence-electron chi connectivity index (χ0n) is 18.2. The molecule has 4 rings (SSSR count). The van der Waals surface area contributed by atoms with E-state index in [0.717, 1.165) is 12.4 Å². The number of pyridine rings is 1. The number of nitrogens with zero attached hydrogens (tertiary/aromatic N) is 5. The molecule has 1 amide bonds. The largest absolute Gasteiger partial charge is 0.377 e. The van der Waals surface area contributed by atoms with E-state index in [2.05, 4.69) is 44.2 Å². The Balaban J connectivity index is 1.65. The van der Waals surface area contributed by atoms with Crippen LogP contribution in [-0.2, 0) is 9.47 Å². The molecule has 4 heterocycles. The molecule has 10 nitrogen and oxygen atoms in total. The van der Waals surface area contributed by atoms with Gasteiger partial charge >= 0.3 is 0 Å². The number of rotatable bonds is 5. The summed E-state index contributed by atoms with van der Waals surface area (Å²) in [7, 11) is 1.76. The van der Waals surface area contributed by atoms with Crippen molar-refractivity contribution in [2.45, 2.75) is 25.9 Å². The van der Waals surface area contributed by atoms with Gasteiger partial charge in [-0.3, -0.25) is 4.79 Å². The Morgan fingerprint density at radius 3 is 2.42 bits per heavy atom.